The molecule has 2 N–H and O–H groups in total. The van der Waals surface area contributed by atoms with E-state index in [4.69, 9.17) is 0 Å². The van der Waals surface area contributed by atoms with Gasteiger partial charge in [-0.1, -0.05) is 12.1 Å². The van der Waals surface area contributed by atoms with Crippen molar-refractivity contribution in [3.63, 3.8) is 0 Å². The maximum absolute atomic E-state index is 13.5. The molecule has 0 amide bonds. The third-order valence-electron chi connectivity index (χ3n) is 6.93. The first kappa shape index (κ1) is 20.2. The van der Waals surface area contributed by atoms with Gasteiger partial charge in [-0.05, 0) is 69.0 Å². The lowest BCUT2D eigenvalue weighted by Gasteiger charge is -2.41. The van der Waals surface area contributed by atoms with Crippen LogP contribution in [0.25, 0.3) is 11.0 Å². The standard InChI is InChI=1S/C24H29N5O2/c30-23(18-4-3-11-26-16-18)22(17-7-12-25-13-8-17)28-14-9-19(10-15-28)29-21-6-2-1-5-20(21)27-24(29)31/h1-6,11,16-17,19,22,25H,7-10,12-15H2,(H,27,31). The van der Waals surface area contributed by atoms with Gasteiger partial charge >= 0.3 is 5.69 Å². The highest BCUT2D eigenvalue weighted by Crippen LogP contribution is 2.31. The first-order valence-corrected chi connectivity index (χ1v) is 11.3. The average Bonchev–Trinajstić information content (AvgIpc) is 3.16. The molecule has 2 aromatic heterocycles. The van der Waals surface area contributed by atoms with Crippen molar-refractivity contribution in [2.45, 2.75) is 37.8 Å². The van der Waals surface area contributed by atoms with Crippen molar-refractivity contribution in [2.24, 2.45) is 5.92 Å². The summed E-state index contributed by atoms with van der Waals surface area (Å²) >= 11 is 0. The van der Waals surface area contributed by atoms with Gasteiger partial charge < -0.3 is 10.3 Å². The number of likely N-dealkylation sites (tertiary alicyclic amines) is 1. The van der Waals surface area contributed by atoms with Crippen molar-refractivity contribution >= 4 is 16.8 Å². The maximum atomic E-state index is 13.5. The second-order valence-electron chi connectivity index (χ2n) is 8.72. The number of ketones is 1. The Hall–Kier alpha value is -2.77. The zero-order valence-electron chi connectivity index (χ0n) is 17.7. The molecule has 0 aliphatic carbocycles. The van der Waals surface area contributed by atoms with Gasteiger partial charge in [-0.25, -0.2) is 4.79 Å². The highest BCUT2D eigenvalue weighted by atomic mass is 16.1. The molecule has 4 heterocycles. The van der Waals surface area contributed by atoms with Gasteiger partial charge in [0.2, 0.25) is 0 Å². The zero-order chi connectivity index (χ0) is 21.2. The molecular weight excluding hydrogens is 390 g/mol. The number of hydrogen-bond donors (Lipinski definition) is 2. The lowest BCUT2D eigenvalue weighted by Crippen LogP contribution is -2.52. The van der Waals surface area contributed by atoms with Crippen LogP contribution in [0.3, 0.4) is 0 Å². The van der Waals surface area contributed by atoms with Crippen LogP contribution in [0.2, 0.25) is 0 Å². The quantitative estimate of drug-likeness (QED) is 0.621. The Morgan fingerprint density at radius 3 is 2.55 bits per heavy atom. The minimum atomic E-state index is -0.119. The highest BCUT2D eigenvalue weighted by molar-refractivity contribution is 6.00. The number of pyridine rings is 1. The molecule has 7 nitrogen and oxygen atoms in total. The number of carbonyl (C=O) groups is 1. The summed E-state index contributed by atoms with van der Waals surface area (Å²) in [4.78, 5) is 35.6. The molecule has 1 atom stereocenters. The number of fused-ring (bicyclic) bond motifs is 1. The number of piperidine rings is 2. The molecule has 1 aromatic carbocycles. The Kier molecular flexibility index (Phi) is 5.70. The van der Waals surface area contributed by atoms with E-state index in [1.807, 2.05) is 41.0 Å². The molecule has 162 valence electrons. The predicted octanol–water partition coefficient (Wildman–Crippen LogP) is 2.61. The maximum Gasteiger partial charge on any atom is 0.326 e. The molecule has 5 rings (SSSR count). The summed E-state index contributed by atoms with van der Waals surface area (Å²) in [6.07, 6.45) is 7.15. The number of hydrogen-bond acceptors (Lipinski definition) is 5. The van der Waals surface area contributed by atoms with Crippen LogP contribution in [0.15, 0.2) is 53.6 Å². The summed E-state index contributed by atoms with van der Waals surface area (Å²) < 4.78 is 1.91. The number of rotatable bonds is 5. The molecule has 1 unspecified atom stereocenters. The number of aromatic nitrogens is 3. The predicted molar refractivity (Wildman–Crippen MR) is 120 cm³/mol. The molecular formula is C24H29N5O2. The smallest absolute Gasteiger partial charge is 0.317 e. The van der Waals surface area contributed by atoms with E-state index < -0.39 is 0 Å². The van der Waals surface area contributed by atoms with Gasteiger partial charge in [0.1, 0.15) is 0 Å². The molecule has 2 aliphatic rings. The van der Waals surface area contributed by atoms with Gasteiger partial charge in [-0.15, -0.1) is 0 Å². The minimum absolute atomic E-state index is 0.0407. The largest absolute Gasteiger partial charge is 0.326 e. The van der Waals surface area contributed by atoms with Gasteiger partial charge in [0, 0.05) is 37.1 Å². The molecule has 3 aromatic rings. The molecule has 0 radical (unpaired) electrons. The van der Waals surface area contributed by atoms with Crippen molar-refractivity contribution in [3.05, 3.63) is 64.8 Å². The SMILES string of the molecule is O=C(c1cccnc1)C(C1CCNCC1)N1CCC(n2c(=O)[nH]c3ccccc32)CC1. The van der Waals surface area contributed by atoms with Crippen LogP contribution in [0.1, 0.15) is 42.1 Å². The van der Waals surface area contributed by atoms with E-state index in [1.54, 1.807) is 12.4 Å². The fourth-order valence-electron chi connectivity index (χ4n) is 5.38. The van der Waals surface area contributed by atoms with Crippen LogP contribution in [0.5, 0.6) is 0 Å². The summed E-state index contributed by atoms with van der Waals surface area (Å²) in [7, 11) is 0. The van der Waals surface area contributed by atoms with Crippen LogP contribution in [-0.4, -0.2) is 57.4 Å². The molecule has 2 fully saturated rings. The number of nitrogens with zero attached hydrogens (tertiary/aromatic N) is 3. The van der Waals surface area contributed by atoms with Gasteiger partial charge in [0.05, 0.1) is 17.1 Å². The van der Waals surface area contributed by atoms with Crippen LogP contribution < -0.4 is 11.0 Å². The average molecular weight is 420 g/mol. The van der Waals surface area contributed by atoms with E-state index in [9.17, 15) is 9.59 Å². The summed E-state index contributed by atoms with van der Waals surface area (Å²) in [5.74, 6) is 0.532. The van der Waals surface area contributed by atoms with Crippen LogP contribution >= 0.6 is 0 Å². The van der Waals surface area contributed by atoms with Crippen LogP contribution in [0, 0.1) is 5.92 Å². The monoisotopic (exact) mass is 419 g/mol. The zero-order valence-corrected chi connectivity index (χ0v) is 17.7. The lowest BCUT2D eigenvalue weighted by molar-refractivity contribution is 0.0569. The van der Waals surface area contributed by atoms with E-state index in [0.29, 0.717) is 11.5 Å². The molecule has 0 saturated carbocycles. The van der Waals surface area contributed by atoms with Crippen molar-refractivity contribution in [1.82, 2.24) is 24.8 Å². The van der Waals surface area contributed by atoms with Crippen LogP contribution in [0.4, 0.5) is 0 Å². The van der Waals surface area contributed by atoms with Crippen LogP contribution in [-0.2, 0) is 0 Å². The summed E-state index contributed by atoms with van der Waals surface area (Å²) in [6.45, 7) is 3.56. The van der Waals surface area contributed by atoms with E-state index in [-0.39, 0.29) is 23.6 Å². The van der Waals surface area contributed by atoms with Crippen molar-refractivity contribution < 1.29 is 4.79 Å². The summed E-state index contributed by atoms with van der Waals surface area (Å²) in [6, 6.07) is 11.6. The molecule has 7 heteroatoms. The first-order valence-electron chi connectivity index (χ1n) is 11.3. The van der Waals surface area contributed by atoms with Crippen molar-refractivity contribution in [1.29, 1.82) is 0 Å². The fourth-order valence-corrected chi connectivity index (χ4v) is 5.38. The second kappa shape index (κ2) is 8.77. The van der Waals surface area contributed by atoms with E-state index in [2.05, 4.69) is 20.2 Å². The Labute approximate surface area is 181 Å². The first-order chi connectivity index (χ1) is 15.2. The van der Waals surface area contributed by atoms with E-state index in [1.165, 1.54) is 0 Å². The molecule has 0 spiro atoms. The number of imidazole rings is 1. The van der Waals surface area contributed by atoms with Gasteiger partial charge in [0.25, 0.3) is 0 Å². The van der Waals surface area contributed by atoms with Gasteiger partial charge in [0.15, 0.2) is 5.78 Å². The molecule has 2 aliphatic heterocycles. The third-order valence-corrected chi connectivity index (χ3v) is 6.93. The second-order valence-corrected chi connectivity index (χ2v) is 8.72. The summed E-state index contributed by atoms with van der Waals surface area (Å²) in [5, 5.41) is 3.42. The van der Waals surface area contributed by atoms with E-state index >= 15 is 0 Å². The third kappa shape index (κ3) is 3.95. The van der Waals surface area contributed by atoms with Gasteiger partial charge in [-0.3, -0.25) is 19.2 Å². The molecule has 2 saturated heterocycles. The Balaban J connectivity index is 1.37. The number of carbonyl (C=O) groups excluding carboxylic acids is 1. The van der Waals surface area contributed by atoms with E-state index in [0.717, 1.165) is 62.9 Å². The number of benzene rings is 1. The van der Waals surface area contributed by atoms with Crippen molar-refractivity contribution in [2.75, 3.05) is 26.2 Å². The highest BCUT2D eigenvalue weighted by Gasteiger charge is 2.37. The fraction of sp³-hybridized carbons (Fsp3) is 0.458. The number of Topliss-reactive ketones (excluding diaryl/α,β-unsaturated/α-hetero) is 1. The number of para-hydroxylation sites is 2. The number of aromatic amines is 1. The lowest BCUT2D eigenvalue weighted by atomic mass is 9.83. The van der Waals surface area contributed by atoms with Gasteiger partial charge in [-0.2, -0.15) is 0 Å². The van der Waals surface area contributed by atoms with Crippen molar-refractivity contribution in [3.8, 4) is 0 Å². The normalized spacial score (nSPS) is 20.1. The minimum Gasteiger partial charge on any atom is -0.317 e. The Morgan fingerprint density at radius 1 is 1.03 bits per heavy atom. The molecule has 0 bridgehead atoms. The Morgan fingerprint density at radius 2 is 1.81 bits per heavy atom. The Bertz CT molecular complexity index is 1090. The number of nitrogens with one attached hydrogen (secondary N) is 2. The number of H-pyrrole nitrogens is 1. The summed E-state index contributed by atoms with van der Waals surface area (Å²) in [5.41, 5.74) is 2.50. The topological polar surface area (TPSA) is 83.0 Å². The molecule has 31 heavy (non-hydrogen) atoms.